The van der Waals surface area contributed by atoms with Gasteiger partial charge in [0.25, 0.3) is 5.91 Å². The Morgan fingerprint density at radius 1 is 1.23 bits per heavy atom. The summed E-state index contributed by atoms with van der Waals surface area (Å²) in [6.07, 6.45) is 1.74. The fraction of sp³-hybridized carbons (Fsp3) is 0.333. The van der Waals surface area contributed by atoms with Crippen molar-refractivity contribution in [3.05, 3.63) is 46.0 Å². The Labute approximate surface area is 189 Å². The summed E-state index contributed by atoms with van der Waals surface area (Å²) in [5.74, 6) is 1.77. The molecular weight excluding hydrogens is 444 g/mol. The first-order chi connectivity index (χ1) is 14.5. The van der Waals surface area contributed by atoms with Gasteiger partial charge in [0.15, 0.2) is 0 Å². The molecule has 0 aliphatic carbocycles. The minimum Gasteiger partial charge on any atom is -0.495 e. The maximum Gasteiger partial charge on any atom is 0.266 e. The number of carbonyl (C=O) groups is 1. The average Bonchev–Trinajstić information content (AvgIpc) is 3.32. The molecule has 1 aromatic carbocycles. The molecule has 9 heteroatoms. The predicted octanol–water partition coefficient (Wildman–Crippen LogP) is 4.14. The summed E-state index contributed by atoms with van der Waals surface area (Å²) in [5, 5.41) is 0.508. The molecule has 0 bridgehead atoms. The third kappa shape index (κ3) is 4.73. The minimum absolute atomic E-state index is 0.0799. The van der Waals surface area contributed by atoms with Crippen LogP contribution in [0.5, 0.6) is 5.75 Å². The maximum absolute atomic E-state index is 12.8. The Bertz CT molecular complexity index is 985. The van der Waals surface area contributed by atoms with Crippen molar-refractivity contribution in [1.29, 1.82) is 0 Å². The van der Waals surface area contributed by atoms with E-state index in [-0.39, 0.29) is 5.91 Å². The summed E-state index contributed by atoms with van der Waals surface area (Å²) < 4.78 is 17.0. The van der Waals surface area contributed by atoms with E-state index in [2.05, 4.69) is 4.90 Å². The minimum atomic E-state index is -0.0799. The van der Waals surface area contributed by atoms with Crippen molar-refractivity contribution < 1.29 is 18.7 Å². The van der Waals surface area contributed by atoms with Gasteiger partial charge in [0.1, 0.15) is 21.6 Å². The monoisotopic (exact) mass is 464 g/mol. The number of thiocarbonyl (C=S) groups is 1. The van der Waals surface area contributed by atoms with Crippen LogP contribution in [0, 0.1) is 0 Å². The van der Waals surface area contributed by atoms with Crippen LogP contribution < -0.4 is 4.74 Å². The standard InChI is InChI=1S/C21H21ClN2O4S2/c1-26-18-4-2-14(12-16(18)22)17-5-3-15(28-17)13-19-20(25)24(21(29)30-19)7-6-23-8-10-27-11-9-23/h2-5,12-13H,6-11H2,1H3/b19-13-. The van der Waals surface area contributed by atoms with Gasteiger partial charge in [0, 0.05) is 37.8 Å². The summed E-state index contributed by atoms with van der Waals surface area (Å²) >= 11 is 12.9. The molecule has 1 aromatic heterocycles. The summed E-state index contributed by atoms with van der Waals surface area (Å²) in [6.45, 7) is 4.60. The summed E-state index contributed by atoms with van der Waals surface area (Å²) in [5.41, 5.74) is 0.832. The van der Waals surface area contributed by atoms with Crippen LogP contribution in [0.2, 0.25) is 5.02 Å². The molecule has 0 unspecified atom stereocenters. The molecule has 0 N–H and O–H groups in total. The van der Waals surface area contributed by atoms with Crippen molar-refractivity contribution in [1.82, 2.24) is 9.80 Å². The first-order valence-electron chi connectivity index (χ1n) is 9.54. The molecule has 2 saturated heterocycles. The lowest BCUT2D eigenvalue weighted by Crippen LogP contribution is -2.42. The Morgan fingerprint density at radius 3 is 2.77 bits per heavy atom. The van der Waals surface area contributed by atoms with Gasteiger partial charge < -0.3 is 13.9 Å². The van der Waals surface area contributed by atoms with Crippen molar-refractivity contribution in [3.63, 3.8) is 0 Å². The number of amides is 1. The number of halogens is 1. The van der Waals surface area contributed by atoms with Crippen LogP contribution in [0.15, 0.2) is 39.7 Å². The molecule has 6 nitrogen and oxygen atoms in total. The molecule has 0 saturated carbocycles. The van der Waals surface area contributed by atoms with Crippen LogP contribution >= 0.6 is 35.6 Å². The van der Waals surface area contributed by atoms with Crippen molar-refractivity contribution >= 4 is 51.9 Å². The number of nitrogens with zero attached hydrogens (tertiary/aromatic N) is 2. The summed E-state index contributed by atoms with van der Waals surface area (Å²) in [4.78, 5) is 17.3. The topological polar surface area (TPSA) is 55.2 Å². The van der Waals surface area contributed by atoms with E-state index < -0.39 is 0 Å². The Hall–Kier alpha value is -1.84. The molecule has 0 spiro atoms. The van der Waals surface area contributed by atoms with Crippen molar-refractivity contribution in [2.45, 2.75) is 0 Å². The fourth-order valence-electron chi connectivity index (χ4n) is 3.29. The van der Waals surface area contributed by atoms with Gasteiger partial charge in [-0.1, -0.05) is 35.6 Å². The molecule has 1 amide bonds. The number of rotatable bonds is 6. The molecule has 30 heavy (non-hydrogen) atoms. The van der Waals surface area contributed by atoms with Crippen LogP contribution in [0.1, 0.15) is 5.76 Å². The quantitative estimate of drug-likeness (QED) is 0.470. The van der Waals surface area contributed by atoms with E-state index in [1.807, 2.05) is 18.2 Å². The van der Waals surface area contributed by atoms with Gasteiger partial charge in [-0.05, 0) is 30.3 Å². The number of hydrogen-bond acceptors (Lipinski definition) is 7. The second kappa shape index (κ2) is 9.53. The van der Waals surface area contributed by atoms with Crippen LogP contribution in [0.4, 0.5) is 0 Å². The Morgan fingerprint density at radius 2 is 2.03 bits per heavy atom. The van der Waals surface area contributed by atoms with E-state index in [9.17, 15) is 4.79 Å². The van der Waals surface area contributed by atoms with E-state index in [4.69, 9.17) is 37.7 Å². The van der Waals surface area contributed by atoms with E-state index in [1.165, 1.54) is 11.8 Å². The van der Waals surface area contributed by atoms with E-state index in [0.717, 1.165) is 38.4 Å². The Balaban J connectivity index is 1.44. The van der Waals surface area contributed by atoms with Gasteiger partial charge in [-0.15, -0.1) is 0 Å². The van der Waals surface area contributed by atoms with Crippen LogP contribution in [0.25, 0.3) is 17.4 Å². The number of methoxy groups -OCH3 is 1. The van der Waals surface area contributed by atoms with Gasteiger partial charge in [0.2, 0.25) is 0 Å². The molecule has 2 aromatic rings. The first-order valence-corrected chi connectivity index (χ1v) is 11.1. The smallest absolute Gasteiger partial charge is 0.266 e. The number of carbonyl (C=O) groups excluding carboxylic acids is 1. The zero-order valence-electron chi connectivity index (χ0n) is 16.4. The van der Waals surface area contributed by atoms with Gasteiger partial charge in [-0.25, -0.2) is 0 Å². The number of benzene rings is 1. The van der Waals surface area contributed by atoms with Crippen LogP contribution in [0.3, 0.4) is 0 Å². The number of morpholine rings is 1. The lowest BCUT2D eigenvalue weighted by atomic mass is 10.2. The van der Waals surface area contributed by atoms with Crippen LogP contribution in [-0.2, 0) is 9.53 Å². The maximum atomic E-state index is 12.8. The highest BCUT2D eigenvalue weighted by Crippen LogP contribution is 2.35. The van der Waals surface area contributed by atoms with Crippen LogP contribution in [-0.4, -0.2) is 66.5 Å². The normalized spacial score (nSPS) is 19.1. The van der Waals surface area contributed by atoms with Gasteiger partial charge in [-0.2, -0.15) is 0 Å². The summed E-state index contributed by atoms with van der Waals surface area (Å²) in [7, 11) is 1.57. The predicted molar refractivity (Wildman–Crippen MR) is 123 cm³/mol. The molecule has 3 heterocycles. The second-order valence-electron chi connectivity index (χ2n) is 6.84. The molecule has 4 rings (SSSR count). The SMILES string of the molecule is COc1ccc(-c2ccc(/C=C3\SC(=S)N(CCN4CCOCC4)C3=O)o2)cc1Cl. The van der Waals surface area contributed by atoms with Crippen molar-refractivity contribution in [3.8, 4) is 17.1 Å². The number of ether oxygens (including phenoxy) is 2. The second-order valence-corrected chi connectivity index (χ2v) is 8.92. The lowest BCUT2D eigenvalue weighted by molar-refractivity contribution is -0.122. The van der Waals surface area contributed by atoms with Gasteiger partial charge in [-0.3, -0.25) is 14.6 Å². The molecule has 0 atom stereocenters. The van der Waals surface area contributed by atoms with Gasteiger partial charge in [0.05, 0.1) is 30.3 Å². The number of furan rings is 1. The molecule has 2 fully saturated rings. The molecule has 0 radical (unpaired) electrons. The Kier molecular flexibility index (Phi) is 6.80. The molecular formula is C21H21ClN2O4S2. The summed E-state index contributed by atoms with van der Waals surface area (Å²) in [6, 6.07) is 9.13. The number of thioether (sulfide) groups is 1. The number of hydrogen-bond donors (Lipinski definition) is 0. The van der Waals surface area contributed by atoms with E-state index in [1.54, 1.807) is 30.2 Å². The third-order valence-electron chi connectivity index (χ3n) is 4.95. The van der Waals surface area contributed by atoms with Gasteiger partial charge >= 0.3 is 0 Å². The third-order valence-corrected chi connectivity index (χ3v) is 6.63. The zero-order valence-corrected chi connectivity index (χ0v) is 18.8. The van der Waals surface area contributed by atoms with Crippen molar-refractivity contribution in [2.75, 3.05) is 46.5 Å². The highest BCUT2D eigenvalue weighted by molar-refractivity contribution is 8.26. The van der Waals surface area contributed by atoms with E-state index in [0.29, 0.717) is 38.1 Å². The lowest BCUT2D eigenvalue weighted by Gasteiger charge is -2.28. The zero-order chi connectivity index (χ0) is 21.1. The molecule has 158 valence electrons. The van der Waals surface area contributed by atoms with Crippen molar-refractivity contribution in [2.24, 2.45) is 0 Å². The fourth-order valence-corrected chi connectivity index (χ4v) is 4.84. The molecule has 2 aliphatic heterocycles. The highest BCUT2D eigenvalue weighted by atomic mass is 35.5. The largest absolute Gasteiger partial charge is 0.495 e. The highest BCUT2D eigenvalue weighted by Gasteiger charge is 2.32. The average molecular weight is 465 g/mol. The van der Waals surface area contributed by atoms with E-state index >= 15 is 0 Å². The molecule has 2 aliphatic rings. The first kappa shape index (κ1) is 21.4.